The highest BCUT2D eigenvalue weighted by molar-refractivity contribution is 5.77. The highest BCUT2D eigenvalue weighted by Gasteiger charge is 2.52. The molecule has 0 aliphatic carbocycles. The molecule has 2 aliphatic rings. The number of allylic oxidation sites excluding steroid dienone is 1. The normalized spacial score (nSPS) is 31.9. The molecule has 0 radical (unpaired) electrons. The van der Waals surface area contributed by atoms with Crippen molar-refractivity contribution in [3.63, 3.8) is 0 Å². The third-order valence-corrected chi connectivity index (χ3v) is 11.1. The van der Waals surface area contributed by atoms with E-state index in [1.807, 2.05) is 53.7 Å². The molecule has 2 heterocycles. The van der Waals surface area contributed by atoms with Crippen LogP contribution >= 0.6 is 0 Å². The van der Waals surface area contributed by atoms with Crippen molar-refractivity contribution in [3.8, 4) is 0 Å². The van der Waals surface area contributed by atoms with E-state index in [0.717, 1.165) is 6.42 Å². The smallest absolute Gasteiger partial charge is 0.338 e. The Morgan fingerprint density at radius 3 is 2.06 bits per heavy atom. The van der Waals surface area contributed by atoms with Crippen molar-refractivity contribution < 1.29 is 54.1 Å². The van der Waals surface area contributed by atoms with Gasteiger partial charge in [-0.05, 0) is 82.0 Å². The van der Waals surface area contributed by atoms with Crippen LogP contribution in [0.5, 0.6) is 0 Å². The Kier molecular flexibility index (Phi) is 17.5. The topological polar surface area (TPSA) is 172 Å². The van der Waals surface area contributed by atoms with Crippen molar-refractivity contribution in [1.82, 2.24) is 0 Å². The Labute approximate surface area is 288 Å². The summed E-state index contributed by atoms with van der Waals surface area (Å²) in [6, 6.07) is 0. The molecular formula is C37H66O11. The molecule has 48 heavy (non-hydrogen) atoms. The highest BCUT2D eigenvalue weighted by Crippen LogP contribution is 2.38. The van der Waals surface area contributed by atoms with E-state index in [9.17, 15) is 35.1 Å². The van der Waals surface area contributed by atoms with Crippen LogP contribution in [0.4, 0.5) is 0 Å². The third kappa shape index (κ3) is 12.0. The van der Waals surface area contributed by atoms with E-state index in [-0.39, 0.29) is 60.2 Å². The number of aliphatic hydroxyl groups is 5. The summed E-state index contributed by atoms with van der Waals surface area (Å²) in [7, 11) is 3.23. The summed E-state index contributed by atoms with van der Waals surface area (Å²) in [6.45, 7) is 13.4. The SMILES string of the molecule is COC(CCC(C)C1(O)CC(C(C)C)OC(=O)C1O)CC(CC(O)C(C)CC=CC(C)C1CC(C(C)CCC(C)O)C(O)C(=O)O1)OC. The van der Waals surface area contributed by atoms with Crippen LogP contribution in [0.25, 0.3) is 0 Å². The summed E-state index contributed by atoms with van der Waals surface area (Å²) >= 11 is 0. The number of ether oxygens (including phenoxy) is 4. The zero-order chi connectivity index (χ0) is 36.3. The molecule has 11 heteroatoms. The lowest BCUT2D eigenvalue weighted by Gasteiger charge is -2.44. The maximum absolute atomic E-state index is 12.4. The molecule has 0 aromatic rings. The molecular weight excluding hydrogens is 620 g/mol. The van der Waals surface area contributed by atoms with Crippen LogP contribution in [-0.2, 0) is 28.5 Å². The first-order chi connectivity index (χ1) is 22.4. The van der Waals surface area contributed by atoms with Crippen LogP contribution in [0.3, 0.4) is 0 Å². The Morgan fingerprint density at radius 1 is 0.854 bits per heavy atom. The Bertz CT molecular complexity index is 1000. The van der Waals surface area contributed by atoms with Crippen LogP contribution in [0.15, 0.2) is 12.2 Å². The molecule has 2 fully saturated rings. The summed E-state index contributed by atoms with van der Waals surface area (Å²) in [5.74, 6) is -2.03. The van der Waals surface area contributed by atoms with Crippen LogP contribution in [-0.4, -0.2) is 106 Å². The predicted molar refractivity (Wildman–Crippen MR) is 182 cm³/mol. The molecule has 0 amide bonds. The third-order valence-electron chi connectivity index (χ3n) is 11.1. The van der Waals surface area contributed by atoms with E-state index in [4.69, 9.17) is 18.9 Å². The molecule has 2 aliphatic heterocycles. The zero-order valence-electron chi connectivity index (χ0n) is 30.8. The lowest BCUT2D eigenvalue weighted by atomic mass is 9.74. The summed E-state index contributed by atoms with van der Waals surface area (Å²) < 4.78 is 22.4. The Balaban J connectivity index is 1.88. The average molecular weight is 687 g/mol. The van der Waals surface area contributed by atoms with E-state index >= 15 is 0 Å². The van der Waals surface area contributed by atoms with Gasteiger partial charge in [-0.1, -0.05) is 53.7 Å². The number of aliphatic hydroxyl groups excluding tert-OH is 4. The van der Waals surface area contributed by atoms with Crippen molar-refractivity contribution >= 4 is 11.9 Å². The van der Waals surface area contributed by atoms with Gasteiger partial charge in [0.25, 0.3) is 0 Å². The predicted octanol–water partition coefficient (Wildman–Crippen LogP) is 3.95. The minimum atomic E-state index is -1.60. The van der Waals surface area contributed by atoms with Gasteiger partial charge >= 0.3 is 11.9 Å². The van der Waals surface area contributed by atoms with E-state index in [2.05, 4.69) is 0 Å². The second kappa shape index (κ2) is 19.7. The molecule has 280 valence electrons. The number of rotatable bonds is 20. The van der Waals surface area contributed by atoms with Crippen molar-refractivity contribution in [2.45, 2.75) is 161 Å². The molecule has 2 saturated heterocycles. The van der Waals surface area contributed by atoms with Gasteiger partial charge < -0.3 is 44.5 Å². The van der Waals surface area contributed by atoms with Crippen molar-refractivity contribution in [3.05, 3.63) is 12.2 Å². The van der Waals surface area contributed by atoms with E-state index in [1.165, 1.54) is 0 Å². The zero-order valence-corrected chi connectivity index (χ0v) is 30.8. The van der Waals surface area contributed by atoms with Crippen molar-refractivity contribution in [2.75, 3.05) is 14.2 Å². The number of carbonyl (C=O) groups excluding carboxylic acids is 2. The van der Waals surface area contributed by atoms with Gasteiger partial charge in [0.15, 0.2) is 12.2 Å². The number of cyclic esters (lactones) is 2. The summed E-state index contributed by atoms with van der Waals surface area (Å²) in [5, 5.41) is 53.1. The van der Waals surface area contributed by atoms with Crippen LogP contribution in [0.1, 0.15) is 106 Å². The van der Waals surface area contributed by atoms with E-state index < -0.39 is 48.1 Å². The fourth-order valence-electron chi connectivity index (χ4n) is 7.05. The van der Waals surface area contributed by atoms with E-state index in [1.54, 1.807) is 21.1 Å². The molecule has 2 rings (SSSR count). The standard InChI is InChI=1S/C37H66O11/c1-21(2)32-20-37(44,34(41)36(43)48-32)25(6)14-16-27(45-8)17-28(46-9)18-30(39)23(4)11-10-12-24(5)31-19-29(33(40)35(42)47-31)22(3)13-15-26(7)38/h10,12,21-34,38-41,44H,11,13-20H2,1-9H3. The minimum Gasteiger partial charge on any atom is -0.460 e. The van der Waals surface area contributed by atoms with Crippen LogP contribution in [0, 0.1) is 35.5 Å². The molecule has 0 aromatic heterocycles. The lowest BCUT2D eigenvalue weighted by Crippen LogP contribution is -2.59. The number of carbonyl (C=O) groups is 2. The van der Waals surface area contributed by atoms with Gasteiger partial charge in [0.2, 0.25) is 0 Å². The fourth-order valence-corrected chi connectivity index (χ4v) is 7.05. The Hall–Kier alpha value is -1.60. The first-order valence-corrected chi connectivity index (χ1v) is 18.0. The monoisotopic (exact) mass is 686 g/mol. The molecule has 0 aromatic carbocycles. The number of methoxy groups -OCH3 is 2. The maximum atomic E-state index is 12.4. The molecule has 0 bridgehead atoms. The second-order valence-electron chi connectivity index (χ2n) is 15.3. The van der Waals surface area contributed by atoms with Gasteiger partial charge in [0, 0.05) is 32.5 Å². The van der Waals surface area contributed by atoms with Gasteiger partial charge in [-0.15, -0.1) is 0 Å². The Morgan fingerprint density at radius 2 is 1.48 bits per heavy atom. The van der Waals surface area contributed by atoms with Gasteiger partial charge in [0.1, 0.15) is 17.8 Å². The first kappa shape index (κ1) is 42.6. The highest BCUT2D eigenvalue weighted by atomic mass is 16.6. The summed E-state index contributed by atoms with van der Waals surface area (Å²) in [6.07, 6.45) is 3.61. The van der Waals surface area contributed by atoms with Gasteiger partial charge in [-0.2, -0.15) is 0 Å². The molecule has 11 nitrogen and oxygen atoms in total. The van der Waals surface area contributed by atoms with E-state index in [0.29, 0.717) is 44.9 Å². The number of hydrogen-bond acceptors (Lipinski definition) is 11. The maximum Gasteiger partial charge on any atom is 0.338 e. The van der Waals surface area contributed by atoms with Crippen LogP contribution < -0.4 is 0 Å². The molecule has 5 N–H and O–H groups in total. The number of esters is 2. The quantitative estimate of drug-likeness (QED) is 0.0928. The van der Waals surface area contributed by atoms with Gasteiger partial charge in [-0.3, -0.25) is 0 Å². The summed E-state index contributed by atoms with van der Waals surface area (Å²) in [5.41, 5.74) is -1.58. The van der Waals surface area contributed by atoms with Gasteiger partial charge in [-0.25, -0.2) is 9.59 Å². The second-order valence-corrected chi connectivity index (χ2v) is 15.3. The first-order valence-electron chi connectivity index (χ1n) is 18.0. The van der Waals surface area contributed by atoms with Crippen molar-refractivity contribution in [2.24, 2.45) is 35.5 Å². The van der Waals surface area contributed by atoms with Crippen LogP contribution in [0.2, 0.25) is 0 Å². The number of hydrogen-bond donors (Lipinski definition) is 5. The lowest BCUT2D eigenvalue weighted by molar-refractivity contribution is -0.213. The largest absolute Gasteiger partial charge is 0.460 e. The van der Waals surface area contributed by atoms with Gasteiger partial charge in [0.05, 0.1) is 24.4 Å². The molecule has 14 unspecified atom stereocenters. The fraction of sp³-hybridized carbons (Fsp3) is 0.892. The molecule has 0 saturated carbocycles. The minimum absolute atomic E-state index is 0.0164. The molecule has 0 spiro atoms. The average Bonchev–Trinajstić information content (AvgIpc) is 3.04. The summed E-state index contributed by atoms with van der Waals surface area (Å²) in [4.78, 5) is 24.7. The van der Waals surface area contributed by atoms with Crippen molar-refractivity contribution in [1.29, 1.82) is 0 Å². The molecule has 14 atom stereocenters.